The van der Waals surface area contributed by atoms with Gasteiger partial charge in [0, 0.05) is 18.7 Å². The number of fused-ring (bicyclic) bond motifs is 2. The van der Waals surface area contributed by atoms with Crippen molar-refractivity contribution in [2.45, 2.75) is 31.7 Å². The van der Waals surface area contributed by atoms with Crippen LogP contribution in [0, 0.1) is 0 Å². The largest absolute Gasteiger partial charge is 0.348 e. The highest BCUT2D eigenvalue weighted by Crippen LogP contribution is 2.40. The maximum atomic E-state index is 4.61. The summed E-state index contributed by atoms with van der Waals surface area (Å²) < 4.78 is 0. The van der Waals surface area contributed by atoms with Crippen molar-refractivity contribution >= 4 is 0 Å². The van der Waals surface area contributed by atoms with Crippen molar-refractivity contribution in [1.82, 2.24) is 20.2 Å². The lowest BCUT2D eigenvalue weighted by atomic mass is 9.79. The molecule has 0 atom stereocenters. The molecule has 0 bridgehead atoms. The second-order valence-electron chi connectivity index (χ2n) is 4.84. The van der Waals surface area contributed by atoms with E-state index in [9.17, 15) is 0 Å². The second kappa shape index (κ2) is 3.86. The first-order valence-electron chi connectivity index (χ1n) is 6.35. The molecule has 16 heavy (non-hydrogen) atoms. The third-order valence-electron chi connectivity index (χ3n) is 4.21. The lowest BCUT2D eigenvalue weighted by Gasteiger charge is -2.48. The van der Waals surface area contributed by atoms with Gasteiger partial charge in [0.15, 0.2) is 0 Å². The van der Waals surface area contributed by atoms with Gasteiger partial charge in [0.1, 0.15) is 0 Å². The molecule has 0 saturated carbocycles. The summed E-state index contributed by atoms with van der Waals surface area (Å²) in [5.41, 5.74) is 2.90. The van der Waals surface area contributed by atoms with Gasteiger partial charge in [0.25, 0.3) is 0 Å². The Morgan fingerprint density at radius 2 is 2.25 bits per heavy atom. The summed E-state index contributed by atoms with van der Waals surface area (Å²) in [6, 6.07) is 0. The minimum absolute atomic E-state index is 0.216. The molecule has 4 heteroatoms. The van der Waals surface area contributed by atoms with E-state index in [1.807, 2.05) is 6.33 Å². The summed E-state index contributed by atoms with van der Waals surface area (Å²) in [6.45, 7) is 6.80. The zero-order chi connectivity index (χ0) is 11.0. The number of hydrogen-bond acceptors (Lipinski definition) is 3. The molecule has 1 spiro atoms. The molecule has 2 aliphatic rings. The van der Waals surface area contributed by atoms with E-state index in [0.717, 1.165) is 26.1 Å². The van der Waals surface area contributed by atoms with Crippen LogP contribution >= 0.6 is 0 Å². The van der Waals surface area contributed by atoms with Crippen LogP contribution in [0.2, 0.25) is 0 Å². The Bertz CT molecular complexity index is 365. The fourth-order valence-corrected chi connectivity index (χ4v) is 3.38. The summed E-state index contributed by atoms with van der Waals surface area (Å²) in [6.07, 6.45) is 5.38. The maximum absolute atomic E-state index is 4.61. The van der Waals surface area contributed by atoms with Crippen molar-refractivity contribution in [2.24, 2.45) is 0 Å². The van der Waals surface area contributed by atoms with Gasteiger partial charge in [-0.05, 0) is 32.5 Å². The molecule has 0 amide bonds. The fraction of sp³-hybridized carbons (Fsp3) is 0.750. The van der Waals surface area contributed by atoms with Gasteiger partial charge in [0.2, 0.25) is 0 Å². The van der Waals surface area contributed by atoms with Crippen molar-refractivity contribution in [3.8, 4) is 0 Å². The third kappa shape index (κ3) is 1.33. The van der Waals surface area contributed by atoms with Gasteiger partial charge >= 0.3 is 0 Å². The minimum atomic E-state index is 0.216. The first-order valence-corrected chi connectivity index (χ1v) is 6.35. The summed E-state index contributed by atoms with van der Waals surface area (Å²) in [5, 5.41) is 3.46. The predicted molar refractivity (Wildman–Crippen MR) is 63.3 cm³/mol. The van der Waals surface area contributed by atoms with E-state index < -0.39 is 0 Å². The molecule has 0 aliphatic carbocycles. The van der Waals surface area contributed by atoms with Crippen LogP contribution in [0.15, 0.2) is 6.33 Å². The number of nitrogens with zero attached hydrogens (tertiary/aromatic N) is 2. The highest BCUT2D eigenvalue weighted by Gasteiger charge is 2.44. The first-order chi connectivity index (χ1) is 7.87. The molecule has 88 valence electrons. The molecule has 0 radical (unpaired) electrons. The Morgan fingerprint density at radius 3 is 3.00 bits per heavy atom. The number of rotatable bonds is 1. The van der Waals surface area contributed by atoms with Gasteiger partial charge in [-0.1, -0.05) is 6.92 Å². The Kier molecular flexibility index (Phi) is 2.48. The monoisotopic (exact) mass is 220 g/mol. The molecular weight excluding hydrogens is 200 g/mol. The molecule has 3 heterocycles. The lowest BCUT2D eigenvalue weighted by molar-refractivity contribution is 0.0439. The van der Waals surface area contributed by atoms with Crippen LogP contribution in [0.1, 0.15) is 31.2 Å². The lowest BCUT2D eigenvalue weighted by Crippen LogP contribution is -2.55. The molecular formula is C12H20N4. The molecule has 0 aromatic carbocycles. The summed E-state index contributed by atoms with van der Waals surface area (Å²) in [7, 11) is 0. The Labute approximate surface area is 96.4 Å². The molecule has 1 fully saturated rings. The number of H-pyrrole nitrogens is 1. The SMILES string of the molecule is CCN1CCc2[nH]cnc2C12CCNCC2. The van der Waals surface area contributed by atoms with Gasteiger partial charge in [-0.25, -0.2) is 4.98 Å². The molecule has 0 unspecified atom stereocenters. The van der Waals surface area contributed by atoms with Crippen molar-refractivity contribution in [2.75, 3.05) is 26.2 Å². The number of piperidine rings is 1. The number of imidazole rings is 1. The van der Waals surface area contributed by atoms with Crippen LogP contribution in [0.25, 0.3) is 0 Å². The van der Waals surface area contributed by atoms with Crippen LogP contribution in [0.4, 0.5) is 0 Å². The topological polar surface area (TPSA) is 44.0 Å². The molecule has 2 N–H and O–H groups in total. The summed E-state index contributed by atoms with van der Waals surface area (Å²) in [4.78, 5) is 10.5. The molecule has 1 aromatic heterocycles. The molecule has 2 aliphatic heterocycles. The average molecular weight is 220 g/mol. The van der Waals surface area contributed by atoms with E-state index in [1.165, 1.54) is 30.8 Å². The normalized spacial score (nSPS) is 24.6. The van der Waals surface area contributed by atoms with Gasteiger partial charge < -0.3 is 10.3 Å². The van der Waals surface area contributed by atoms with Crippen LogP contribution in [-0.4, -0.2) is 41.0 Å². The van der Waals surface area contributed by atoms with Crippen LogP contribution in [0.5, 0.6) is 0 Å². The number of nitrogens with one attached hydrogen (secondary N) is 2. The van der Waals surface area contributed by atoms with Crippen LogP contribution < -0.4 is 5.32 Å². The Morgan fingerprint density at radius 1 is 1.44 bits per heavy atom. The van der Waals surface area contributed by atoms with E-state index in [1.54, 1.807) is 0 Å². The standard InChI is InChI=1S/C12H20N4/c1-2-16-8-3-10-11(15-9-14-10)12(16)4-6-13-7-5-12/h9,13H,2-8H2,1H3,(H,14,15). The number of aromatic amines is 1. The number of hydrogen-bond donors (Lipinski definition) is 2. The number of aromatic nitrogens is 2. The Balaban J connectivity index is 2.04. The van der Waals surface area contributed by atoms with Crippen molar-refractivity contribution < 1.29 is 0 Å². The minimum Gasteiger partial charge on any atom is -0.348 e. The van der Waals surface area contributed by atoms with Crippen molar-refractivity contribution in [3.63, 3.8) is 0 Å². The smallest absolute Gasteiger partial charge is 0.0926 e. The van der Waals surface area contributed by atoms with Gasteiger partial charge in [-0.15, -0.1) is 0 Å². The highest BCUT2D eigenvalue weighted by molar-refractivity contribution is 5.26. The van der Waals surface area contributed by atoms with Crippen molar-refractivity contribution in [3.05, 3.63) is 17.7 Å². The highest BCUT2D eigenvalue weighted by atomic mass is 15.2. The zero-order valence-electron chi connectivity index (χ0n) is 9.92. The first kappa shape index (κ1) is 10.3. The number of likely N-dealkylation sites (N-methyl/N-ethyl adjacent to an activating group) is 1. The van der Waals surface area contributed by atoms with E-state index in [0.29, 0.717) is 0 Å². The Hall–Kier alpha value is -0.870. The van der Waals surface area contributed by atoms with Crippen LogP contribution in [-0.2, 0) is 12.0 Å². The van der Waals surface area contributed by atoms with Gasteiger partial charge in [-0.3, -0.25) is 4.90 Å². The molecule has 4 nitrogen and oxygen atoms in total. The third-order valence-corrected chi connectivity index (χ3v) is 4.21. The van der Waals surface area contributed by atoms with E-state index in [2.05, 4.69) is 27.1 Å². The van der Waals surface area contributed by atoms with Gasteiger partial charge in [-0.2, -0.15) is 0 Å². The average Bonchev–Trinajstić information content (AvgIpc) is 2.80. The van der Waals surface area contributed by atoms with E-state index in [-0.39, 0.29) is 5.54 Å². The summed E-state index contributed by atoms with van der Waals surface area (Å²) in [5.74, 6) is 0. The molecule has 3 rings (SSSR count). The predicted octanol–water partition coefficient (Wildman–Crippen LogP) is 0.866. The van der Waals surface area contributed by atoms with E-state index >= 15 is 0 Å². The molecule has 1 saturated heterocycles. The zero-order valence-corrected chi connectivity index (χ0v) is 9.92. The fourth-order valence-electron chi connectivity index (χ4n) is 3.38. The molecule has 1 aromatic rings. The van der Waals surface area contributed by atoms with E-state index in [4.69, 9.17) is 0 Å². The van der Waals surface area contributed by atoms with Crippen molar-refractivity contribution in [1.29, 1.82) is 0 Å². The quantitative estimate of drug-likeness (QED) is 0.738. The second-order valence-corrected chi connectivity index (χ2v) is 4.84. The maximum Gasteiger partial charge on any atom is 0.0926 e. The van der Waals surface area contributed by atoms with Gasteiger partial charge in [0.05, 0.1) is 17.6 Å². The van der Waals surface area contributed by atoms with Crippen LogP contribution in [0.3, 0.4) is 0 Å². The summed E-state index contributed by atoms with van der Waals surface area (Å²) >= 11 is 0.